The van der Waals surface area contributed by atoms with Crippen LogP contribution in [0.5, 0.6) is 5.75 Å². The van der Waals surface area contributed by atoms with E-state index in [2.05, 4.69) is 35.4 Å². The number of nitrogens with zero attached hydrogens (tertiary/aromatic N) is 4. The van der Waals surface area contributed by atoms with Crippen LogP contribution in [0.2, 0.25) is 0 Å². The van der Waals surface area contributed by atoms with Gasteiger partial charge in [0, 0.05) is 23.7 Å². The molecule has 5 rings (SSSR count). The highest BCUT2D eigenvalue weighted by molar-refractivity contribution is 5.65. The first-order valence-electron chi connectivity index (χ1n) is 10.5. The number of hydrogen-bond donors (Lipinski definition) is 0. The topological polar surface area (TPSA) is 42.7 Å². The Balaban J connectivity index is 1.34. The van der Waals surface area contributed by atoms with Crippen LogP contribution in [-0.2, 0) is 0 Å². The van der Waals surface area contributed by atoms with Crippen LogP contribution >= 0.6 is 0 Å². The fraction of sp³-hybridized carbons (Fsp3) is 0.478. The highest BCUT2D eigenvalue weighted by Gasteiger charge is 2.29. The lowest BCUT2D eigenvalue weighted by Gasteiger charge is -2.35. The lowest BCUT2D eigenvalue weighted by atomic mass is 9.95. The highest BCUT2D eigenvalue weighted by atomic mass is 16.5. The average molecular weight is 377 g/mol. The maximum Gasteiger partial charge on any atom is 0.155 e. The summed E-state index contributed by atoms with van der Waals surface area (Å²) in [6, 6.07) is 13.2. The van der Waals surface area contributed by atoms with E-state index in [9.17, 15) is 0 Å². The Morgan fingerprint density at radius 3 is 2.57 bits per heavy atom. The fourth-order valence-electron chi connectivity index (χ4n) is 4.84. The Morgan fingerprint density at radius 1 is 0.964 bits per heavy atom. The average Bonchev–Trinajstić information content (AvgIpc) is 3.43. The molecular formula is C23H28N4O. The first-order chi connectivity index (χ1) is 13.8. The summed E-state index contributed by atoms with van der Waals surface area (Å²) in [5.74, 6) is 2.36. The molecule has 28 heavy (non-hydrogen) atoms. The summed E-state index contributed by atoms with van der Waals surface area (Å²) in [4.78, 5) is 7.54. The van der Waals surface area contributed by atoms with Crippen LogP contribution in [0, 0.1) is 0 Å². The molecule has 0 unspecified atom stereocenters. The summed E-state index contributed by atoms with van der Waals surface area (Å²) < 4.78 is 7.29. The van der Waals surface area contributed by atoms with Crippen LogP contribution in [0.1, 0.15) is 50.3 Å². The predicted octanol–water partition coefficient (Wildman–Crippen LogP) is 4.53. The molecule has 0 amide bonds. The Labute approximate surface area is 166 Å². The van der Waals surface area contributed by atoms with E-state index in [0.717, 1.165) is 34.4 Å². The minimum atomic E-state index is 0.484. The van der Waals surface area contributed by atoms with E-state index in [4.69, 9.17) is 14.8 Å². The summed E-state index contributed by atoms with van der Waals surface area (Å²) in [6.45, 7) is 2.39. The van der Waals surface area contributed by atoms with Gasteiger partial charge < -0.3 is 9.64 Å². The van der Waals surface area contributed by atoms with Crippen molar-refractivity contribution in [3.05, 3.63) is 48.4 Å². The van der Waals surface area contributed by atoms with Crippen molar-refractivity contribution in [1.29, 1.82) is 0 Å². The zero-order valence-corrected chi connectivity index (χ0v) is 16.6. The van der Waals surface area contributed by atoms with Crippen molar-refractivity contribution in [2.24, 2.45) is 0 Å². The van der Waals surface area contributed by atoms with Crippen LogP contribution in [0.25, 0.3) is 16.8 Å². The lowest BCUT2D eigenvalue weighted by molar-refractivity contribution is 0.152. The number of piperidine rings is 1. The molecule has 3 heterocycles. The molecule has 2 fully saturated rings. The molecule has 1 aliphatic carbocycles. The van der Waals surface area contributed by atoms with Gasteiger partial charge in [0.1, 0.15) is 5.75 Å². The molecule has 1 saturated heterocycles. The molecular weight excluding hydrogens is 348 g/mol. The number of rotatable bonds is 4. The zero-order chi connectivity index (χ0) is 18.9. The molecule has 146 valence electrons. The largest absolute Gasteiger partial charge is 0.497 e. The van der Waals surface area contributed by atoms with Gasteiger partial charge in [-0.3, -0.25) is 0 Å². The molecule has 1 aromatic carbocycles. The first kappa shape index (κ1) is 17.7. The molecule has 2 aromatic heterocycles. The quantitative estimate of drug-likeness (QED) is 0.671. The molecule has 0 radical (unpaired) electrons. The second kappa shape index (κ2) is 7.55. The van der Waals surface area contributed by atoms with E-state index in [1.165, 1.54) is 51.6 Å². The van der Waals surface area contributed by atoms with Crippen molar-refractivity contribution in [2.75, 3.05) is 20.2 Å². The molecule has 2 aliphatic rings. The number of hydrogen-bond acceptors (Lipinski definition) is 4. The molecule has 0 spiro atoms. The molecule has 1 aliphatic heterocycles. The van der Waals surface area contributed by atoms with Crippen molar-refractivity contribution in [3.63, 3.8) is 0 Å². The van der Waals surface area contributed by atoms with Gasteiger partial charge >= 0.3 is 0 Å². The number of pyridine rings is 1. The van der Waals surface area contributed by atoms with Crippen LogP contribution < -0.4 is 4.74 Å². The van der Waals surface area contributed by atoms with Crippen LogP contribution in [0.4, 0.5) is 0 Å². The number of ether oxygens (including phenoxy) is 1. The molecule has 0 bridgehead atoms. The van der Waals surface area contributed by atoms with Crippen molar-refractivity contribution in [2.45, 2.75) is 50.5 Å². The van der Waals surface area contributed by atoms with Crippen LogP contribution in [-0.4, -0.2) is 45.7 Å². The van der Waals surface area contributed by atoms with Crippen molar-refractivity contribution in [1.82, 2.24) is 19.5 Å². The molecule has 5 heteroatoms. The normalized spacial score (nSPS) is 19.5. The summed E-state index contributed by atoms with van der Waals surface area (Å²) in [5.41, 5.74) is 3.18. The van der Waals surface area contributed by atoms with Crippen molar-refractivity contribution < 1.29 is 4.74 Å². The predicted molar refractivity (Wildman–Crippen MR) is 111 cm³/mol. The van der Waals surface area contributed by atoms with Gasteiger partial charge in [0.15, 0.2) is 11.5 Å². The van der Waals surface area contributed by atoms with Gasteiger partial charge in [-0.15, -0.1) is 0 Å². The number of benzene rings is 1. The number of likely N-dealkylation sites (tertiary alicyclic amines) is 1. The van der Waals surface area contributed by atoms with E-state index in [-0.39, 0.29) is 0 Å². The van der Waals surface area contributed by atoms with Gasteiger partial charge in [-0.1, -0.05) is 25.0 Å². The third-order valence-electron chi connectivity index (χ3n) is 6.49. The maximum atomic E-state index is 5.35. The Bertz CT molecular complexity index is 952. The number of fused-ring (bicyclic) bond motifs is 1. The van der Waals surface area contributed by atoms with E-state index in [1.54, 1.807) is 7.11 Å². The second-order valence-corrected chi connectivity index (χ2v) is 8.17. The Kier molecular flexibility index (Phi) is 4.77. The van der Waals surface area contributed by atoms with Gasteiger partial charge in [-0.05, 0) is 68.6 Å². The second-order valence-electron chi connectivity index (χ2n) is 8.17. The van der Waals surface area contributed by atoms with E-state index in [0.29, 0.717) is 5.92 Å². The monoisotopic (exact) mass is 376 g/mol. The minimum absolute atomic E-state index is 0.484. The molecule has 3 aromatic rings. The van der Waals surface area contributed by atoms with Crippen LogP contribution in [0.3, 0.4) is 0 Å². The number of methoxy groups -OCH3 is 1. The molecule has 1 saturated carbocycles. The van der Waals surface area contributed by atoms with Crippen molar-refractivity contribution in [3.8, 4) is 16.9 Å². The molecule has 0 atom stereocenters. The highest BCUT2D eigenvalue weighted by Crippen LogP contribution is 2.32. The summed E-state index contributed by atoms with van der Waals surface area (Å²) in [5, 5.41) is 4.84. The third-order valence-corrected chi connectivity index (χ3v) is 6.49. The standard InChI is InChI=1S/C23H28N4O/c1-28-21-8-4-5-18(15-21)19-9-10-22-24-23(25-27(22)16-19)17-11-13-26(14-12-17)20-6-2-3-7-20/h4-5,8-10,15-17,20H,2-3,6-7,11-14H2,1H3. The smallest absolute Gasteiger partial charge is 0.155 e. The Hall–Kier alpha value is -2.40. The van der Waals surface area contributed by atoms with E-state index in [1.807, 2.05) is 16.6 Å². The minimum Gasteiger partial charge on any atom is -0.497 e. The van der Waals surface area contributed by atoms with Crippen molar-refractivity contribution >= 4 is 5.65 Å². The number of aromatic nitrogens is 3. The molecule has 0 N–H and O–H groups in total. The summed E-state index contributed by atoms with van der Waals surface area (Å²) in [6.07, 6.45) is 10.0. The van der Waals surface area contributed by atoms with Crippen LogP contribution in [0.15, 0.2) is 42.6 Å². The van der Waals surface area contributed by atoms with Gasteiger partial charge in [-0.25, -0.2) is 9.50 Å². The summed E-state index contributed by atoms with van der Waals surface area (Å²) in [7, 11) is 1.70. The van der Waals surface area contributed by atoms with Gasteiger partial charge in [0.2, 0.25) is 0 Å². The van der Waals surface area contributed by atoms with Gasteiger partial charge in [0.25, 0.3) is 0 Å². The third kappa shape index (κ3) is 3.39. The fourth-order valence-corrected chi connectivity index (χ4v) is 4.84. The molecule has 5 nitrogen and oxygen atoms in total. The van der Waals surface area contributed by atoms with Gasteiger partial charge in [-0.2, -0.15) is 5.10 Å². The maximum absolute atomic E-state index is 5.35. The first-order valence-corrected chi connectivity index (χ1v) is 10.5. The van der Waals surface area contributed by atoms with E-state index >= 15 is 0 Å². The zero-order valence-electron chi connectivity index (χ0n) is 16.6. The Morgan fingerprint density at radius 2 is 1.79 bits per heavy atom. The van der Waals surface area contributed by atoms with E-state index < -0.39 is 0 Å². The summed E-state index contributed by atoms with van der Waals surface area (Å²) >= 11 is 0. The lowest BCUT2D eigenvalue weighted by Crippen LogP contribution is -2.39. The SMILES string of the molecule is COc1cccc(-c2ccc3nc(C4CCN(C5CCCC5)CC4)nn3c2)c1. The van der Waals surface area contributed by atoms with Gasteiger partial charge in [0.05, 0.1) is 7.11 Å².